The lowest BCUT2D eigenvalue weighted by molar-refractivity contribution is 0.0950. The van der Waals surface area contributed by atoms with Gasteiger partial charge in [-0.05, 0) is 47.5 Å². The summed E-state index contributed by atoms with van der Waals surface area (Å²) < 4.78 is 11.3. The van der Waals surface area contributed by atoms with Gasteiger partial charge in [0.15, 0.2) is 11.5 Å². The van der Waals surface area contributed by atoms with Gasteiger partial charge in [0.25, 0.3) is 5.91 Å². The van der Waals surface area contributed by atoms with Crippen molar-refractivity contribution in [3.05, 3.63) is 101 Å². The molecule has 0 spiro atoms. The molecule has 33 heavy (non-hydrogen) atoms. The van der Waals surface area contributed by atoms with Crippen LogP contribution in [0.2, 0.25) is 5.02 Å². The number of halogens is 1. The highest BCUT2D eigenvalue weighted by Gasteiger charge is 2.11. The molecule has 1 heterocycles. The van der Waals surface area contributed by atoms with Gasteiger partial charge in [-0.2, -0.15) is 10.2 Å². The maximum absolute atomic E-state index is 12.4. The lowest BCUT2D eigenvalue weighted by atomic mass is 10.1. The molecule has 2 N–H and O–H groups in total. The monoisotopic (exact) mass is 460 g/mol. The molecule has 4 aromatic rings. The van der Waals surface area contributed by atoms with Gasteiger partial charge in [0, 0.05) is 10.6 Å². The van der Waals surface area contributed by atoms with Crippen LogP contribution < -0.4 is 14.9 Å². The number of amides is 1. The quantitative estimate of drug-likeness (QED) is 0.283. The minimum Gasteiger partial charge on any atom is -0.493 e. The summed E-state index contributed by atoms with van der Waals surface area (Å²) in [5.41, 5.74) is 6.06. The molecule has 0 aliphatic carbocycles. The van der Waals surface area contributed by atoms with Crippen LogP contribution in [-0.2, 0) is 6.61 Å². The zero-order valence-corrected chi connectivity index (χ0v) is 18.5. The number of aromatic nitrogens is 2. The Morgan fingerprint density at radius 3 is 2.61 bits per heavy atom. The van der Waals surface area contributed by atoms with Gasteiger partial charge in [-0.1, -0.05) is 54.1 Å². The third-order valence-corrected chi connectivity index (χ3v) is 5.02. The Kier molecular flexibility index (Phi) is 7.02. The molecule has 1 aromatic heterocycles. The summed E-state index contributed by atoms with van der Waals surface area (Å²) >= 11 is 5.91. The van der Waals surface area contributed by atoms with E-state index in [1.807, 2.05) is 48.5 Å². The van der Waals surface area contributed by atoms with Gasteiger partial charge < -0.3 is 9.47 Å². The summed E-state index contributed by atoms with van der Waals surface area (Å²) in [6, 6.07) is 24.1. The zero-order valence-electron chi connectivity index (χ0n) is 17.8. The number of ether oxygens (including phenoxy) is 2. The predicted molar refractivity (Wildman–Crippen MR) is 128 cm³/mol. The molecular formula is C25H21ClN4O3. The van der Waals surface area contributed by atoms with Gasteiger partial charge in [-0.25, -0.2) is 5.43 Å². The number of hydrazone groups is 1. The van der Waals surface area contributed by atoms with Gasteiger partial charge in [0.1, 0.15) is 12.3 Å². The second-order valence-electron chi connectivity index (χ2n) is 7.06. The van der Waals surface area contributed by atoms with Crippen molar-refractivity contribution in [1.82, 2.24) is 15.6 Å². The Labute approximate surface area is 196 Å². The topological polar surface area (TPSA) is 88.6 Å². The van der Waals surface area contributed by atoms with Crippen molar-refractivity contribution < 1.29 is 14.3 Å². The normalized spacial score (nSPS) is 10.8. The van der Waals surface area contributed by atoms with E-state index in [0.29, 0.717) is 34.5 Å². The van der Waals surface area contributed by atoms with Crippen LogP contribution in [0.25, 0.3) is 11.3 Å². The highest BCUT2D eigenvalue weighted by Crippen LogP contribution is 2.28. The van der Waals surface area contributed by atoms with Crippen LogP contribution >= 0.6 is 11.6 Å². The summed E-state index contributed by atoms with van der Waals surface area (Å²) in [5.74, 6) is 0.783. The van der Waals surface area contributed by atoms with Gasteiger partial charge >= 0.3 is 0 Å². The van der Waals surface area contributed by atoms with E-state index in [-0.39, 0.29) is 0 Å². The average Bonchev–Trinajstić information content (AvgIpc) is 3.34. The number of carbonyl (C=O) groups excluding carboxylic acids is 1. The van der Waals surface area contributed by atoms with Crippen molar-refractivity contribution in [2.45, 2.75) is 6.61 Å². The highest BCUT2D eigenvalue weighted by molar-refractivity contribution is 6.30. The van der Waals surface area contributed by atoms with Crippen molar-refractivity contribution in [2.75, 3.05) is 7.11 Å². The van der Waals surface area contributed by atoms with E-state index in [1.54, 1.807) is 37.4 Å². The molecule has 0 aliphatic heterocycles. The fourth-order valence-electron chi connectivity index (χ4n) is 3.05. The lowest BCUT2D eigenvalue weighted by Gasteiger charge is -2.11. The molecule has 0 atom stereocenters. The zero-order chi connectivity index (χ0) is 23.0. The number of H-pyrrole nitrogens is 1. The van der Waals surface area contributed by atoms with Crippen LogP contribution in [0.1, 0.15) is 21.6 Å². The fourth-order valence-corrected chi connectivity index (χ4v) is 3.18. The third-order valence-electron chi connectivity index (χ3n) is 4.77. The first-order valence-electron chi connectivity index (χ1n) is 10.1. The molecule has 7 nitrogen and oxygen atoms in total. The second kappa shape index (κ2) is 10.5. The van der Waals surface area contributed by atoms with Crippen LogP contribution in [0, 0.1) is 0 Å². The van der Waals surface area contributed by atoms with E-state index in [0.717, 1.165) is 16.7 Å². The number of benzene rings is 3. The van der Waals surface area contributed by atoms with Crippen molar-refractivity contribution in [3.63, 3.8) is 0 Å². The molecule has 166 valence electrons. The molecule has 3 aromatic carbocycles. The van der Waals surface area contributed by atoms with Crippen LogP contribution in [0.5, 0.6) is 11.5 Å². The number of hydrogen-bond donors (Lipinski definition) is 2. The van der Waals surface area contributed by atoms with Crippen molar-refractivity contribution in [2.24, 2.45) is 5.10 Å². The van der Waals surface area contributed by atoms with Crippen LogP contribution in [0.15, 0.2) is 84.0 Å². The summed E-state index contributed by atoms with van der Waals surface area (Å²) in [7, 11) is 1.57. The van der Waals surface area contributed by atoms with E-state index < -0.39 is 5.91 Å². The van der Waals surface area contributed by atoms with E-state index in [2.05, 4.69) is 20.7 Å². The highest BCUT2D eigenvalue weighted by atomic mass is 35.5. The van der Waals surface area contributed by atoms with E-state index >= 15 is 0 Å². The third kappa shape index (κ3) is 5.78. The largest absolute Gasteiger partial charge is 0.493 e. The molecular weight excluding hydrogens is 440 g/mol. The summed E-state index contributed by atoms with van der Waals surface area (Å²) in [6.45, 7) is 0.433. The first-order chi connectivity index (χ1) is 16.1. The Balaban J connectivity index is 1.36. The summed E-state index contributed by atoms with van der Waals surface area (Å²) in [5, 5.41) is 11.5. The predicted octanol–water partition coefficient (Wildman–Crippen LogP) is 5.08. The molecule has 0 unspecified atom stereocenters. The molecule has 0 fully saturated rings. The van der Waals surface area contributed by atoms with Gasteiger partial charge in [0.05, 0.1) is 19.0 Å². The second-order valence-corrected chi connectivity index (χ2v) is 7.49. The first-order valence-corrected chi connectivity index (χ1v) is 10.5. The molecule has 0 radical (unpaired) electrons. The van der Waals surface area contributed by atoms with Crippen molar-refractivity contribution >= 4 is 23.7 Å². The smallest absolute Gasteiger partial charge is 0.289 e. The van der Waals surface area contributed by atoms with Crippen LogP contribution in [0.4, 0.5) is 0 Å². The van der Waals surface area contributed by atoms with E-state index in [9.17, 15) is 4.79 Å². The van der Waals surface area contributed by atoms with E-state index in [4.69, 9.17) is 21.1 Å². The lowest BCUT2D eigenvalue weighted by Crippen LogP contribution is -2.18. The first kappa shape index (κ1) is 22.1. The minimum atomic E-state index is -0.409. The minimum absolute atomic E-state index is 0.291. The molecule has 0 saturated heterocycles. The van der Waals surface area contributed by atoms with E-state index in [1.165, 1.54) is 6.21 Å². The molecule has 0 saturated carbocycles. The number of methoxy groups -OCH3 is 1. The number of nitrogens with one attached hydrogen (secondary N) is 2. The maximum atomic E-state index is 12.4. The molecule has 0 bridgehead atoms. The number of nitrogens with zero attached hydrogens (tertiary/aromatic N) is 2. The Bertz CT molecular complexity index is 1250. The number of hydrogen-bond acceptors (Lipinski definition) is 5. The average molecular weight is 461 g/mol. The Hall–Kier alpha value is -4.10. The Morgan fingerprint density at radius 1 is 1.06 bits per heavy atom. The van der Waals surface area contributed by atoms with Crippen molar-refractivity contribution in [3.8, 4) is 22.8 Å². The molecule has 8 heteroatoms. The van der Waals surface area contributed by atoms with Gasteiger partial charge in [-0.3, -0.25) is 9.89 Å². The Morgan fingerprint density at radius 2 is 1.85 bits per heavy atom. The molecule has 1 amide bonds. The van der Waals surface area contributed by atoms with Crippen LogP contribution in [0.3, 0.4) is 0 Å². The van der Waals surface area contributed by atoms with Gasteiger partial charge in [0.2, 0.25) is 0 Å². The standard InChI is InChI=1S/C25H21ClN4O3/c1-32-24-13-18(7-12-23(24)33-16-17-5-3-2-4-6-17)15-27-30-25(31)22-14-21(28-29-22)19-8-10-20(26)11-9-19/h2-15H,16H2,1H3,(H,28,29)(H,30,31)/b27-15-. The maximum Gasteiger partial charge on any atom is 0.289 e. The number of rotatable bonds is 8. The van der Waals surface area contributed by atoms with Crippen molar-refractivity contribution in [1.29, 1.82) is 0 Å². The summed E-state index contributed by atoms with van der Waals surface area (Å²) in [6.07, 6.45) is 1.53. The fraction of sp³-hybridized carbons (Fsp3) is 0.0800. The number of aromatic amines is 1. The molecule has 0 aliphatic rings. The molecule has 4 rings (SSSR count). The van der Waals surface area contributed by atoms with Gasteiger partial charge in [-0.15, -0.1) is 0 Å². The number of carbonyl (C=O) groups is 1. The van der Waals surface area contributed by atoms with Crippen LogP contribution in [-0.4, -0.2) is 29.4 Å². The SMILES string of the molecule is COc1cc(/C=N\NC(=O)c2cc(-c3ccc(Cl)cc3)n[nH]2)ccc1OCc1ccccc1. The summed E-state index contributed by atoms with van der Waals surface area (Å²) in [4.78, 5) is 12.4.